The van der Waals surface area contributed by atoms with Gasteiger partial charge in [0, 0.05) is 11.8 Å². The van der Waals surface area contributed by atoms with Crippen LogP contribution >= 0.6 is 0 Å². The predicted molar refractivity (Wildman–Crippen MR) is 86.7 cm³/mol. The molecular weight excluding hydrogens is 310 g/mol. The van der Waals surface area contributed by atoms with Crippen molar-refractivity contribution < 1.29 is 14.3 Å². The van der Waals surface area contributed by atoms with E-state index in [0.717, 1.165) is 0 Å². The van der Waals surface area contributed by atoms with Gasteiger partial charge in [-0.15, -0.1) is 5.10 Å². The first-order chi connectivity index (χ1) is 11.7. The zero-order valence-electron chi connectivity index (χ0n) is 13.1. The van der Waals surface area contributed by atoms with E-state index in [9.17, 15) is 4.79 Å². The van der Waals surface area contributed by atoms with E-state index in [1.165, 1.54) is 25.2 Å². The number of rotatable bonds is 5. The number of hydrogen-bond donors (Lipinski definition) is 1. The summed E-state index contributed by atoms with van der Waals surface area (Å²) in [5.74, 6) is 0.597. The minimum absolute atomic E-state index is 0.312. The quantitative estimate of drug-likeness (QED) is 0.771. The summed E-state index contributed by atoms with van der Waals surface area (Å²) in [5.41, 5.74) is 1.51. The molecule has 0 unspecified atom stereocenters. The molecular formula is C16H15N5O3. The van der Waals surface area contributed by atoms with Gasteiger partial charge in [0.2, 0.25) is 0 Å². The van der Waals surface area contributed by atoms with Crippen molar-refractivity contribution in [2.75, 3.05) is 19.5 Å². The molecule has 8 heteroatoms. The van der Waals surface area contributed by atoms with Crippen LogP contribution in [0, 0.1) is 0 Å². The van der Waals surface area contributed by atoms with Crippen molar-refractivity contribution in [3.63, 3.8) is 0 Å². The molecule has 0 atom stereocenters. The Balaban J connectivity index is 2.06. The van der Waals surface area contributed by atoms with E-state index in [0.29, 0.717) is 28.4 Å². The maximum absolute atomic E-state index is 12.7. The summed E-state index contributed by atoms with van der Waals surface area (Å²) < 4.78 is 12.0. The maximum atomic E-state index is 12.7. The number of hydrogen-bond acceptors (Lipinski definition) is 6. The van der Waals surface area contributed by atoms with E-state index in [2.05, 4.69) is 20.8 Å². The Hall–Kier alpha value is -3.42. The molecule has 1 amide bonds. The number of benzene rings is 2. The molecule has 0 saturated heterocycles. The van der Waals surface area contributed by atoms with Crippen molar-refractivity contribution >= 4 is 11.6 Å². The Labute approximate surface area is 138 Å². The SMILES string of the molecule is COc1cc(C(=O)Nc2ccccc2)c(-n2cnnn2)cc1OC. The molecule has 0 aliphatic heterocycles. The Kier molecular flexibility index (Phi) is 4.37. The van der Waals surface area contributed by atoms with Crippen LogP contribution in [0.5, 0.6) is 11.5 Å². The molecule has 8 nitrogen and oxygen atoms in total. The van der Waals surface area contributed by atoms with Gasteiger partial charge in [-0.25, -0.2) is 0 Å². The average molecular weight is 325 g/mol. The van der Waals surface area contributed by atoms with E-state index >= 15 is 0 Å². The summed E-state index contributed by atoms with van der Waals surface area (Å²) in [7, 11) is 3.03. The van der Waals surface area contributed by atoms with Crippen LogP contribution in [0.1, 0.15) is 10.4 Å². The summed E-state index contributed by atoms with van der Waals surface area (Å²) in [6.07, 6.45) is 1.40. The smallest absolute Gasteiger partial charge is 0.258 e. The molecule has 1 N–H and O–H groups in total. The first-order valence-electron chi connectivity index (χ1n) is 7.08. The third-order valence-corrected chi connectivity index (χ3v) is 3.37. The molecule has 122 valence electrons. The fourth-order valence-electron chi connectivity index (χ4n) is 2.23. The number of nitrogens with zero attached hydrogens (tertiary/aromatic N) is 4. The molecule has 1 heterocycles. The standard InChI is InChI=1S/C16H15N5O3/c1-23-14-8-12(16(22)18-11-6-4-3-5-7-11)13(9-15(14)24-2)21-10-17-19-20-21/h3-10H,1-2H3,(H,18,22). The van der Waals surface area contributed by atoms with Gasteiger partial charge in [0.25, 0.3) is 5.91 Å². The lowest BCUT2D eigenvalue weighted by atomic mass is 10.1. The molecule has 3 rings (SSSR count). The number of tetrazole rings is 1. The van der Waals surface area contributed by atoms with E-state index < -0.39 is 0 Å². The summed E-state index contributed by atoms with van der Waals surface area (Å²) in [6.45, 7) is 0. The molecule has 0 radical (unpaired) electrons. The fourth-order valence-corrected chi connectivity index (χ4v) is 2.23. The van der Waals surface area contributed by atoms with Crippen LogP contribution in [0.15, 0.2) is 48.8 Å². The van der Waals surface area contributed by atoms with Gasteiger partial charge >= 0.3 is 0 Å². The fraction of sp³-hybridized carbons (Fsp3) is 0.125. The first-order valence-corrected chi connectivity index (χ1v) is 7.08. The number of aromatic nitrogens is 4. The predicted octanol–water partition coefficient (Wildman–Crippen LogP) is 1.93. The second kappa shape index (κ2) is 6.78. The minimum Gasteiger partial charge on any atom is -0.493 e. The molecule has 2 aromatic carbocycles. The van der Waals surface area contributed by atoms with E-state index in [1.807, 2.05) is 18.2 Å². The van der Waals surface area contributed by atoms with Crippen LogP contribution in [0.4, 0.5) is 5.69 Å². The number of anilines is 1. The lowest BCUT2D eigenvalue weighted by Gasteiger charge is -2.14. The molecule has 24 heavy (non-hydrogen) atoms. The van der Waals surface area contributed by atoms with Gasteiger partial charge in [0.15, 0.2) is 11.5 Å². The number of para-hydroxylation sites is 1. The van der Waals surface area contributed by atoms with Crippen molar-refractivity contribution in [2.24, 2.45) is 0 Å². The number of carbonyl (C=O) groups is 1. The molecule has 0 saturated carbocycles. The van der Waals surface area contributed by atoms with Gasteiger partial charge in [-0.1, -0.05) is 18.2 Å². The van der Waals surface area contributed by atoms with Crippen LogP contribution in [0.3, 0.4) is 0 Å². The van der Waals surface area contributed by atoms with Crippen LogP contribution in [-0.2, 0) is 0 Å². The highest BCUT2D eigenvalue weighted by Crippen LogP contribution is 2.32. The lowest BCUT2D eigenvalue weighted by molar-refractivity contribution is 0.102. The van der Waals surface area contributed by atoms with Crippen molar-refractivity contribution in [1.29, 1.82) is 0 Å². The van der Waals surface area contributed by atoms with Gasteiger partial charge in [-0.3, -0.25) is 4.79 Å². The second-order valence-corrected chi connectivity index (χ2v) is 4.80. The van der Waals surface area contributed by atoms with E-state index in [1.54, 1.807) is 24.3 Å². The van der Waals surface area contributed by atoms with Crippen molar-refractivity contribution in [1.82, 2.24) is 20.2 Å². The Morgan fingerprint density at radius 3 is 2.42 bits per heavy atom. The number of amides is 1. The Morgan fingerprint density at radius 1 is 1.08 bits per heavy atom. The van der Waals surface area contributed by atoms with Crippen LogP contribution in [0.2, 0.25) is 0 Å². The minimum atomic E-state index is -0.312. The molecule has 0 aliphatic carbocycles. The third-order valence-electron chi connectivity index (χ3n) is 3.37. The topological polar surface area (TPSA) is 91.2 Å². The van der Waals surface area contributed by atoms with Gasteiger partial charge < -0.3 is 14.8 Å². The third kappa shape index (κ3) is 3.02. The summed E-state index contributed by atoms with van der Waals surface area (Å²) in [5, 5.41) is 13.9. The van der Waals surface area contributed by atoms with Crippen molar-refractivity contribution in [2.45, 2.75) is 0 Å². The van der Waals surface area contributed by atoms with Crippen LogP contribution < -0.4 is 14.8 Å². The number of methoxy groups -OCH3 is 2. The average Bonchev–Trinajstić information content (AvgIpc) is 3.15. The van der Waals surface area contributed by atoms with Gasteiger partial charge in [0.05, 0.1) is 25.5 Å². The molecule has 3 aromatic rings. The summed E-state index contributed by atoms with van der Waals surface area (Å²) in [6, 6.07) is 12.4. The van der Waals surface area contributed by atoms with Crippen molar-refractivity contribution in [3.05, 3.63) is 54.4 Å². The zero-order chi connectivity index (χ0) is 16.9. The number of ether oxygens (including phenoxy) is 2. The highest BCUT2D eigenvalue weighted by atomic mass is 16.5. The Morgan fingerprint density at radius 2 is 1.79 bits per heavy atom. The number of nitrogens with one attached hydrogen (secondary N) is 1. The lowest BCUT2D eigenvalue weighted by Crippen LogP contribution is -2.16. The second-order valence-electron chi connectivity index (χ2n) is 4.80. The maximum Gasteiger partial charge on any atom is 0.258 e. The monoisotopic (exact) mass is 325 g/mol. The van der Waals surface area contributed by atoms with E-state index in [-0.39, 0.29) is 5.91 Å². The van der Waals surface area contributed by atoms with Crippen molar-refractivity contribution in [3.8, 4) is 17.2 Å². The van der Waals surface area contributed by atoms with Gasteiger partial charge in [0.1, 0.15) is 6.33 Å². The first kappa shape index (κ1) is 15.5. The molecule has 1 aromatic heterocycles. The number of carbonyl (C=O) groups excluding carboxylic acids is 1. The van der Waals surface area contributed by atoms with Crippen LogP contribution in [0.25, 0.3) is 5.69 Å². The summed E-state index contributed by atoms with van der Waals surface area (Å²) >= 11 is 0. The molecule has 0 fully saturated rings. The molecule has 0 aliphatic rings. The van der Waals surface area contributed by atoms with Gasteiger partial charge in [-0.2, -0.15) is 4.68 Å². The zero-order valence-corrected chi connectivity index (χ0v) is 13.1. The van der Waals surface area contributed by atoms with E-state index in [4.69, 9.17) is 9.47 Å². The van der Waals surface area contributed by atoms with Crippen LogP contribution in [-0.4, -0.2) is 40.3 Å². The Bertz CT molecular complexity index is 834. The molecule has 0 bridgehead atoms. The normalized spacial score (nSPS) is 10.2. The highest BCUT2D eigenvalue weighted by Gasteiger charge is 2.19. The largest absolute Gasteiger partial charge is 0.493 e. The van der Waals surface area contributed by atoms with Gasteiger partial charge in [-0.05, 0) is 28.6 Å². The summed E-state index contributed by atoms with van der Waals surface area (Å²) in [4.78, 5) is 12.7. The highest BCUT2D eigenvalue weighted by molar-refractivity contribution is 6.07. The molecule has 0 spiro atoms.